The van der Waals surface area contributed by atoms with E-state index in [1.54, 1.807) is 12.1 Å². The number of aromatic nitrogens is 1. The minimum absolute atomic E-state index is 0.00823. The maximum atomic E-state index is 12.7. The molecule has 0 amide bonds. The Hall–Kier alpha value is -1.18. The van der Waals surface area contributed by atoms with Crippen LogP contribution < -0.4 is 5.32 Å². The summed E-state index contributed by atoms with van der Waals surface area (Å²) in [7, 11) is -3.53. The van der Waals surface area contributed by atoms with Crippen molar-refractivity contribution >= 4 is 15.8 Å². The van der Waals surface area contributed by atoms with Gasteiger partial charge in [0, 0.05) is 31.9 Å². The largest absolute Gasteiger partial charge is 0.396 e. The van der Waals surface area contributed by atoms with E-state index in [-0.39, 0.29) is 17.5 Å². The van der Waals surface area contributed by atoms with E-state index in [1.165, 1.54) is 10.5 Å². The van der Waals surface area contributed by atoms with Crippen LogP contribution in [0.15, 0.2) is 23.2 Å². The number of piperidine rings is 1. The van der Waals surface area contributed by atoms with Gasteiger partial charge in [0.25, 0.3) is 0 Å². The fourth-order valence-electron chi connectivity index (χ4n) is 2.68. The summed E-state index contributed by atoms with van der Waals surface area (Å²) in [5.41, 5.74) is 0. The van der Waals surface area contributed by atoms with Gasteiger partial charge in [-0.3, -0.25) is 0 Å². The summed E-state index contributed by atoms with van der Waals surface area (Å²) in [4.78, 5) is 4.35. The zero-order valence-electron chi connectivity index (χ0n) is 12.3. The first-order valence-electron chi connectivity index (χ1n) is 7.42. The summed E-state index contributed by atoms with van der Waals surface area (Å²) in [6, 6.07) is 3.16. The molecule has 2 heterocycles. The summed E-state index contributed by atoms with van der Waals surface area (Å²) in [6.45, 7) is 3.22. The van der Waals surface area contributed by atoms with Gasteiger partial charge < -0.3 is 10.4 Å². The van der Waals surface area contributed by atoms with Crippen LogP contribution in [0.5, 0.6) is 0 Å². The first-order valence-corrected chi connectivity index (χ1v) is 8.86. The van der Waals surface area contributed by atoms with Gasteiger partial charge in [0.05, 0.1) is 0 Å². The quantitative estimate of drug-likeness (QED) is 0.830. The van der Waals surface area contributed by atoms with Crippen molar-refractivity contribution in [1.29, 1.82) is 0 Å². The van der Waals surface area contributed by atoms with E-state index < -0.39 is 10.0 Å². The van der Waals surface area contributed by atoms with Crippen LogP contribution in [-0.4, -0.2) is 48.6 Å². The van der Waals surface area contributed by atoms with Crippen LogP contribution in [0.2, 0.25) is 0 Å². The molecule has 1 saturated heterocycles. The number of nitrogens with one attached hydrogen (secondary N) is 1. The number of anilines is 1. The number of nitrogens with zero attached hydrogens (tertiary/aromatic N) is 2. The second-order valence-corrected chi connectivity index (χ2v) is 7.08. The van der Waals surface area contributed by atoms with E-state index in [9.17, 15) is 8.42 Å². The molecule has 1 aromatic rings. The maximum Gasteiger partial charge on any atom is 0.244 e. The van der Waals surface area contributed by atoms with Crippen LogP contribution in [0, 0.1) is 0 Å². The molecule has 0 spiro atoms. The molecule has 1 unspecified atom stereocenters. The Balaban J connectivity index is 2.22. The highest BCUT2D eigenvalue weighted by Crippen LogP contribution is 2.26. The molecule has 1 aromatic heterocycles. The predicted molar refractivity (Wildman–Crippen MR) is 81.6 cm³/mol. The molecule has 21 heavy (non-hydrogen) atoms. The number of hydrogen-bond donors (Lipinski definition) is 2. The molecule has 1 atom stereocenters. The van der Waals surface area contributed by atoms with Crippen LogP contribution in [0.4, 0.5) is 5.82 Å². The zero-order valence-corrected chi connectivity index (χ0v) is 13.1. The third-order valence-corrected chi connectivity index (χ3v) is 5.67. The summed E-state index contributed by atoms with van der Waals surface area (Å²) in [5.74, 6) is 0.669. The van der Waals surface area contributed by atoms with Crippen molar-refractivity contribution in [3.05, 3.63) is 18.3 Å². The van der Waals surface area contributed by atoms with E-state index in [2.05, 4.69) is 10.3 Å². The van der Waals surface area contributed by atoms with Crippen LogP contribution in [0.1, 0.15) is 32.6 Å². The number of sulfonamides is 1. The zero-order chi connectivity index (χ0) is 15.3. The Morgan fingerprint density at radius 1 is 1.43 bits per heavy atom. The first-order chi connectivity index (χ1) is 10.1. The summed E-state index contributed by atoms with van der Waals surface area (Å²) >= 11 is 0. The molecule has 118 valence electrons. The molecule has 2 N–H and O–H groups in total. The Morgan fingerprint density at radius 3 is 2.86 bits per heavy atom. The van der Waals surface area contributed by atoms with Crippen molar-refractivity contribution in [3.63, 3.8) is 0 Å². The Kier molecular flexibility index (Phi) is 5.55. The van der Waals surface area contributed by atoms with Crippen molar-refractivity contribution in [2.24, 2.45) is 0 Å². The molecule has 0 aliphatic carbocycles. The monoisotopic (exact) mass is 313 g/mol. The minimum Gasteiger partial charge on any atom is -0.396 e. The number of aliphatic hydroxyl groups is 1. The summed E-state index contributed by atoms with van der Waals surface area (Å²) in [5, 5.41) is 12.2. The molecule has 1 aliphatic rings. The van der Waals surface area contributed by atoms with Crippen molar-refractivity contribution in [2.75, 3.05) is 25.0 Å². The van der Waals surface area contributed by atoms with Crippen LogP contribution in [0.25, 0.3) is 0 Å². The van der Waals surface area contributed by atoms with Gasteiger partial charge in [0.1, 0.15) is 10.7 Å². The highest BCUT2D eigenvalue weighted by Gasteiger charge is 2.33. The van der Waals surface area contributed by atoms with Gasteiger partial charge in [0.2, 0.25) is 10.0 Å². The van der Waals surface area contributed by atoms with Gasteiger partial charge in [-0.2, -0.15) is 4.31 Å². The van der Waals surface area contributed by atoms with Crippen molar-refractivity contribution < 1.29 is 13.5 Å². The molecule has 2 rings (SSSR count). The Labute approximate surface area is 126 Å². The molecular weight excluding hydrogens is 290 g/mol. The van der Waals surface area contributed by atoms with Crippen molar-refractivity contribution in [2.45, 2.75) is 43.5 Å². The highest BCUT2D eigenvalue weighted by atomic mass is 32.2. The topological polar surface area (TPSA) is 82.5 Å². The van der Waals surface area contributed by atoms with E-state index in [4.69, 9.17) is 5.11 Å². The van der Waals surface area contributed by atoms with Gasteiger partial charge >= 0.3 is 0 Å². The number of pyridine rings is 1. The average molecular weight is 313 g/mol. The molecule has 6 nitrogen and oxygen atoms in total. The molecular formula is C14H23N3O3S. The summed E-state index contributed by atoms with van der Waals surface area (Å²) in [6.07, 6.45) is 4.57. The lowest BCUT2D eigenvalue weighted by Crippen LogP contribution is -2.44. The maximum absolute atomic E-state index is 12.7. The third-order valence-electron chi connectivity index (χ3n) is 3.74. The van der Waals surface area contributed by atoms with E-state index in [0.717, 1.165) is 25.8 Å². The SMILES string of the molecule is CCNc1ccc(S(=O)(=O)N2CCCCC2CCO)cn1. The molecule has 1 fully saturated rings. The van der Waals surface area contributed by atoms with Gasteiger partial charge in [-0.15, -0.1) is 0 Å². The van der Waals surface area contributed by atoms with Crippen LogP contribution >= 0.6 is 0 Å². The van der Waals surface area contributed by atoms with Gasteiger partial charge in [-0.05, 0) is 38.3 Å². The minimum atomic E-state index is -3.53. The van der Waals surface area contributed by atoms with E-state index in [0.29, 0.717) is 18.8 Å². The molecule has 7 heteroatoms. The Morgan fingerprint density at radius 2 is 2.24 bits per heavy atom. The average Bonchev–Trinajstić information content (AvgIpc) is 2.49. The van der Waals surface area contributed by atoms with Gasteiger partial charge in [0.15, 0.2) is 0 Å². The molecule has 0 bridgehead atoms. The first kappa shape index (κ1) is 16.2. The molecule has 0 saturated carbocycles. The second kappa shape index (κ2) is 7.20. The van der Waals surface area contributed by atoms with Crippen LogP contribution in [-0.2, 0) is 10.0 Å². The Bertz CT molecular complexity index is 543. The predicted octanol–water partition coefficient (Wildman–Crippen LogP) is 1.44. The van der Waals surface area contributed by atoms with Gasteiger partial charge in [-0.1, -0.05) is 6.42 Å². The standard InChI is InChI=1S/C14H23N3O3S/c1-2-15-14-7-6-13(11-16-14)21(19,20)17-9-4-3-5-12(17)8-10-18/h6-7,11-12,18H,2-5,8-10H2,1H3,(H,15,16). The highest BCUT2D eigenvalue weighted by molar-refractivity contribution is 7.89. The lowest BCUT2D eigenvalue weighted by Gasteiger charge is -2.34. The molecule has 0 radical (unpaired) electrons. The van der Waals surface area contributed by atoms with E-state index in [1.807, 2.05) is 6.92 Å². The normalized spacial score (nSPS) is 20.4. The lowest BCUT2D eigenvalue weighted by atomic mass is 10.0. The number of hydrogen-bond acceptors (Lipinski definition) is 5. The fraction of sp³-hybridized carbons (Fsp3) is 0.643. The van der Waals surface area contributed by atoms with Crippen LogP contribution in [0.3, 0.4) is 0 Å². The van der Waals surface area contributed by atoms with Crippen molar-refractivity contribution in [1.82, 2.24) is 9.29 Å². The number of rotatable bonds is 6. The fourth-order valence-corrected chi connectivity index (χ4v) is 4.35. The van der Waals surface area contributed by atoms with E-state index >= 15 is 0 Å². The molecule has 1 aliphatic heterocycles. The van der Waals surface area contributed by atoms with Gasteiger partial charge in [-0.25, -0.2) is 13.4 Å². The summed E-state index contributed by atoms with van der Waals surface area (Å²) < 4.78 is 27.0. The number of aliphatic hydroxyl groups excluding tert-OH is 1. The molecule has 0 aromatic carbocycles. The lowest BCUT2D eigenvalue weighted by molar-refractivity contribution is 0.192. The smallest absolute Gasteiger partial charge is 0.244 e. The van der Waals surface area contributed by atoms with Crippen molar-refractivity contribution in [3.8, 4) is 0 Å². The third kappa shape index (κ3) is 3.72. The second-order valence-electron chi connectivity index (χ2n) is 5.19.